The Bertz CT molecular complexity index is 339. The number of amides is 1. The summed E-state index contributed by atoms with van der Waals surface area (Å²) in [6.45, 7) is 1.76. The van der Waals surface area contributed by atoms with Crippen molar-refractivity contribution in [2.24, 2.45) is 7.05 Å². The molecule has 1 fully saturated rings. The van der Waals surface area contributed by atoms with E-state index in [1.165, 1.54) is 0 Å². The Balaban J connectivity index is 2.23. The molecule has 2 rings (SSSR count). The smallest absolute Gasteiger partial charge is 0.270 e. The zero-order chi connectivity index (χ0) is 9.42. The highest BCUT2D eigenvalue weighted by molar-refractivity contribution is 5.94. The molecule has 2 heterocycles. The summed E-state index contributed by atoms with van der Waals surface area (Å²) in [4.78, 5) is 13.5. The van der Waals surface area contributed by atoms with Gasteiger partial charge < -0.3 is 15.2 Å². The van der Waals surface area contributed by atoms with Crippen molar-refractivity contribution in [2.45, 2.75) is 6.42 Å². The van der Waals surface area contributed by atoms with E-state index in [0.717, 1.165) is 19.5 Å². The third kappa shape index (κ3) is 1.28. The second-order valence-corrected chi connectivity index (χ2v) is 3.42. The van der Waals surface area contributed by atoms with Crippen LogP contribution in [0.4, 0.5) is 5.69 Å². The minimum Gasteiger partial charge on any atom is -0.397 e. The summed E-state index contributed by atoms with van der Waals surface area (Å²) >= 11 is 0. The van der Waals surface area contributed by atoms with Crippen molar-refractivity contribution < 1.29 is 4.79 Å². The standard InChI is InChI=1S/C9H13N3O/c1-11-6-7(10)5-8(11)9(13)12-3-2-4-12/h5-6H,2-4,10H2,1H3. The Labute approximate surface area is 76.9 Å². The molecule has 0 saturated carbocycles. The van der Waals surface area contributed by atoms with Crippen LogP contribution < -0.4 is 5.73 Å². The van der Waals surface area contributed by atoms with E-state index < -0.39 is 0 Å². The van der Waals surface area contributed by atoms with Crippen molar-refractivity contribution in [3.8, 4) is 0 Å². The summed E-state index contributed by atoms with van der Waals surface area (Å²) in [6, 6.07) is 1.72. The van der Waals surface area contributed by atoms with Gasteiger partial charge in [-0.3, -0.25) is 4.79 Å². The lowest BCUT2D eigenvalue weighted by atomic mass is 10.2. The lowest BCUT2D eigenvalue weighted by Gasteiger charge is -2.30. The summed E-state index contributed by atoms with van der Waals surface area (Å²) in [5, 5.41) is 0. The summed E-state index contributed by atoms with van der Waals surface area (Å²) in [7, 11) is 1.84. The molecule has 1 aromatic rings. The van der Waals surface area contributed by atoms with Crippen molar-refractivity contribution in [3.63, 3.8) is 0 Å². The molecule has 1 saturated heterocycles. The molecular formula is C9H13N3O. The van der Waals surface area contributed by atoms with Crippen LogP contribution in [0.5, 0.6) is 0 Å². The molecular weight excluding hydrogens is 166 g/mol. The number of carbonyl (C=O) groups excluding carboxylic acids is 1. The van der Waals surface area contributed by atoms with E-state index in [2.05, 4.69) is 0 Å². The minimum absolute atomic E-state index is 0.0884. The maximum Gasteiger partial charge on any atom is 0.270 e. The maximum absolute atomic E-state index is 11.7. The molecule has 2 N–H and O–H groups in total. The predicted molar refractivity (Wildman–Crippen MR) is 50.3 cm³/mol. The molecule has 0 spiro atoms. The number of likely N-dealkylation sites (tertiary alicyclic amines) is 1. The van der Waals surface area contributed by atoms with E-state index in [1.807, 2.05) is 11.9 Å². The highest BCUT2D eigenvalue weighted by Crippen LogP contribution is 2.15. The Kier molecular flexibility index (Phi) is 1.76. The van der Waals surface area contributed by atoms with Crippen LogP contribution in [-0.2, 0) is 7.05 Å². The fourth-order valence-corrected chi connectivity index (χ4v) is 1.48. The molecule has 1 aliphatic rings. The van der Waals surface area contributed by atoms with Gasteiger partial charge in [0.2, 0.25) is 0 Å². The average molecular weight is 179 g/mol. The summed E-state index contributed by atoms with van der Waals surface area (Å²) < 4.78 is 1.77. The van der Waals surface area contributed by atoms with E-state index >= 15 is 0 Å². The molecule has 1 aromatic heterocycles. The monoisotopic (exact) mass is 179 g/mol. The second kappa shape index (κ2) is 2.80. The number of nitrogen functional groups attached to an aromatic ring is 1. The van der Waals surface area contributed by atoms with Gasteiger partial charge in [0.05, 0.1) is 5.69 Å². The molecule has 13 heavy (non-hydrogen) atoms. The minimum atomic E-state index is 0.0884. The van der Waals surface area contributed by atoms with Crippen LogP contribution in [0.1, 0.15) is 16.9 Å². The Hall–Kier alpha value is -1.45. The summed E-state index contributed by atoms with van der Waals surface area (Å²) in [5.41, 5.74) is 6.91. The number of hydrogen-bond donors (Lipinski definition) is 1. The molecule has 4 heteroatoms. The number of hydrogen-bond acceptors (Lipinski definition) is 2. The molecule has 0 unspecified atom stereocenters. The Morgan fingerprint density at radius 2 is 2.23 bits per heavy atom. The molecule has 0 radical (unpaired) electrons. The second-order valence-electron chi connectivity index (χ2n) is 3.42. The first-order valence-corrected chi connectivity index (χ1v) is 4.39. The van der Waals surface area contributed by atoms with Crippen LogP contribution in [0.25, 0.3) is 0 Å². The number of aryl methyl sites for hydroxylation is 1. The summed E-state index contributed by atoms with van der Waals surface area (Å²) in [6.07, 6.45) is 2.87. The Morgan fingerprint density at radius 3 is 2.62 bits per heavy atom. The molecule has 0 aromatic carbocycles. The quantitative estimate of drug-likeness (QED) is 0.680. The van der Waals surface area contributed by atoms with Gasteiger partial charge >= 0.3 is 0 Å². The lowest BCUT2D eigenvalue weighted by molar-refractivity contribution is 0.0642. The van der Waals surface area contributed by atoms with Crippen molar-refractivity contribution in [1.29, 1.82) is 0 Å². The van der Waals surface area contributed by atoms with Crippen molar-refractivity contribution in [1.82, 2.24) is 9.47 Å². The number of rotatable bonds is 1. The van der Waals surface area contributed by atoms with Crippen LogP contribution in [0.15, 0.2) is 12.3 Å². The van der Waals surface area contributed by atoms with Gasteiger partial charge in [0, 0.05) is 26.3 Å². The fourth-order valence-electron chi connectivity index (χ4n) is 1.48. The largest absolute Gasteiger partial charge is 0.397 e. The molecule has 0 aliphatic carbocycles. The van der Waals surface area contributed by atoms with Gasteiger partial charge in [-0.2, -0.15) is 0 Å². The van der Waals surface area contributed by atoms with Gasteiger partial charge in [0.15, 0.2) is 0 Å². The van der Waals surface area contributed by atoms with Crippen molar-refractivity contribution >= 4 is 11.6 Å². The van der Waals surface area contributed by atoms with E-state index in [0.29, 0.717) is 11.4 Å². The normalized spacial score (nSPS) is 15.6. The van der Waals surface area contributed by atoms with E-state index in [-0.39, 0.29) is 5.91 Å². The molecule has 1 aliphatic heterocycles. The highest BCUT2D eigenvalue weighted by Gasteiger charge is 2.23. The van der Waals surface area contributed by atoms with Gasteiger partial charge in [0.1, 0.15) is 5.69 Å². The molecule has 1 amide bonds. The number of anilines is 1. The maximum atomic E-state index is 11.7. The van der Waals surface area contributed by atoms with E-state index in [1.54, 1.807) is 16.8 Å². The summed E-state index contributed by atoms with van der Waals surface area (Å²) in [5.74, 6) is 0.0884. The predicted octanol–water partition coefficient (Wildman–Crippen LogP) is 0.453. The van der Waals surface area contributed by atoms with Gasteiger partial charge in [-0.25, -0.2) is 0 Å². The number of nitrogens with zero attached hydrogens (tertiary/aromatic N) is 2. The van der Waals surface area contributed by atoms with Crippen LogP contribution in [0.2, 0.25) is 0 Å². The average Bonchev–Trinajstić information content (AvgIpc) is 2.26. The van der Waals surface area contributed by atoms with Crippen molar-refractivity contribution in [3.05, 3.63) is 18.0 Å². The molecule has 70 valence electrons. The van der Waals surface area contributed by atoms with Gasteiger partial charge in [-0.15, -0.1) is 0 Å². The highest BCUT2D eigenvalue weighted by atomic mass is 16.2. The van der Waals surface area contributed by atoms with Crippen LogP contribution >= 0.6 is 0 Å². The zero-order valence-electron chi connectivity index (χ0n) is 7.66. The first-order chi connectivity index (χ1) is 6.18. The van der Waals surface area contributed by atoms with E-state index in [4.69, 9.17) is 5.73 Å². The number of nitrogens with two attached hydrogens (primary N) is 1. The topological polar surface area (TPSA) is 51.3 Å². The fraction of sp³-hybridized carbons (Fsp3) is 0.444. The zero-order valence-corrected chi connectivity index (χ0v) is 7.66. The molecule has 0 bridgehead atoms. The van der Waals surface area contributed by atoms with Gasteiger partial charge in [-0.1, -0.05) is 0 Å². The first kappa shape index (κ1) is 8.16. The molecule has 0 atom stereocenters. The SMILES string of the molecule is Cn1cc(N)cc1C(=O)N1CCC1. The third-order valence-corrected chi connectivity index (χ3v) is 2.39. The van der Waals surface area contributed by atoms with Crippen molar-refractivity contribution in [2.75, 3.05) is 18.8 Å². The van der Waals surface area contributed by atoms with Gasteiger partial charge in [-0.05, 0) is 12.5 Å². The number of aromatic nitrogens is 1. The van der Waals surface area contributed by atoms with Crippen LogP contribution in [0.3, 0.4) is 0 Å². The van der Waals surface area contributed by atoms with Crippen LogP contribution in [-0.4, -0.2) is 28.5 Å². The number of carbonyl (C=O) groups is 1. The molecule has 4 nitrogen and oxygen atoms in total. The third-order valence-electron chi connectivity index (χ3n) is 2.39. The van der Waals surface area contributed by atoms with E-state index in [9.17, 15) is 4.79 Å². The first-order valence-electron chi connectivity index (χ1n) is 4.39. The van der Waals surface area contributed by atoms with Crippen LogP contribution in [0, 0.1) is 0 Å². The Morgan fingerprint density at radius 1 is 1.54 bits per heavy atom. The van der Waals surface area contributed by atoms with Gasteiger partial charge in [0.25, 0.3) is 5.91 Å². The lowest BCUT2D eigenvalue weighted by Crippen LogP contribution is -2.42.